The van der Waals surface area contributed by atoms with Crippen molar-refractivity contribution in [3.63, 3.8) is 0 Å². The molecule has 1 atom stereocenters. The molecule has 2 nitrogen and oxygen atoms in total. The van der Waals surface area contributed by atoms with Crippen LogP contribution in [0.25, 0.3) is 0 Å². The number of carbonyl (C=O) groups is 1. The van der Waals surface area contributed by atoms with Crippen molar-refractivity contribution in [3.8, 4) is 0 Å². The van der Waals surface area contributed by atoms with E-state index in [1.165, 1.54) is 25.0 Å². The lowest BCUT2D eigenvalue weighted by Crippen LogP contribution is -2.33. The lowest BCUT2D eigenvalue weighted by atomic mass is 10.1. The third-order valence-electron chi connectivity index (χ3n) is 3.19. The number of hydrogen-bond acceptors (Lipinski definition) is 1. The topological polar surface area (TPSA) is 29.1 Å². The fourth-order valence-electron chi connectivity index (χ4n) is 2.10. The summed E-state index contributed by atoms with van der Waals surface area (Å²) in [6.07, 6.45) is 3.62. The predicted octanol–water partition coefficient (Wildman–Crippen LogP) is 3.05. The van der Waals surface area contributed by atoms with E-state index in [-0.39, 0.29) is 17.8 Å². The fourth-order valence-corrected chi connectivity index (χ4v) is 2.10. The van der Waals surface area contributed by atoms with Gasteiger partial charge in [-0.25, -0.2) is 4.39 Å². The first-order valence-electron chi connectivity index (χ1n) is 6.13. The predicted molar refractivity (Wildman–Crippen MR) is 65.4 cm³/mol. The van der Waals surface area contributed by atoms with Crippen molar-refractivity contribution in [1.29, 1.82) is 0 Å². The standard InChI is InChI=1S/C14H18FNO/c1-9-7-12(15)5-6-13(9)14(17)16-10(2)8-11-3-4-11/h5-7,10-11H,3-4,8H2,1-2H3,(H,16,17). The molecule has 1 aromatic rings. The van der Waals surface area contributed by atoms with E-state index in [2.05, 4.69) is 5.32 Å². The summed E-state index contributed by atoms with van der Waals surface area (Å²) in [6.45, 7) is 3.78. The molecule has 2 rings (SSSR count). The maximum absolute atomic E-state index is 12.9. The van der Waals surface area contributed by atoms with E-state index in [0.717, 1.165) is 12.3 Å². The summed E-state index contributed by atoms with van der Waals surface area (Å²) in [5, 5.41) is 2.97. The average Bonchev–Trinajstić information content (AvgIpc) is 3.00. The Morgan fingerprint density at radius 1 is 1.53 bits per heavy atom. The van der Waals surface area contributed by atoms with Crippen LogP contribution in [0.2, 0.25) is 0 Å². The highest BCUT2D eigenvalue weighted by Gasteiger charge is 2.24. The second-order valence-corrected chi connectivity index (χ2v) is 5.01. The van der Waals surface area contributed by atoms with Crippen molar-refractivity contribution in [1.82, 2.24) is 5.32 Å². The molecule has 1 unspecified atom stereocenters. The van der Waals surface area contributed by atoms with Gasteiger partial charge >= 0.3 is 0 Å². The molecule has 1 aliphatic rings. The zero-order valence-electron chi connectivity index (χ0n) is 10.3. The Hall–Kier alpha value is -1.38. The molecule has 17 heavy (non-hydrogen) atoms. The van der Waals surface area contributed by atoms with Gasteiger partial charge < -0.3 is 5.32 Å². The van der Waals surface area contributed by atoms with Crippen LogP contribution < -0.4 is 5.32 Å². The zero-order valence-corrected chi connectivity index (χ0v) is 10.3. The second-order valence-electron chi connectivity index (χ2n) is 5.01. The molecule has 1 amide bonds. The van der Waals surface area contributed by atoms with Gasteiger partial charge in [-0.15, -0.1) is 0 Å². The van der Waals surface area contributed by atoms with Gasteiger partial charge in [-0.3, -0.25) is 4.79 Å². The van der Waals surface area contributed by atoms with Crippen LogP contribution >= 0.6 is 0 Å². The number of rotatable bonds is 4. The van der Waals surface area contributed by atoms with Crippen LogP contribution in [-0.4, -0.2) is 11.9 Å². The quantitative estimate of drug-likeness (QED) is 0.853. The van der Waals surface area contributed by atoms with Crippen LogP contribution in [0.4, 0.5) is 4.39 Å². The molecule has 0 spiro atoms. The van der Waals surface area contributed by atoms with E-state index in [1.54, 1.807) is 13.0 Å². The Bertz CT molecular complexity index is 426. The molecule has 0 heterocycles. The monoisotopic (exact) mass is 235 g/mol. The first-order chi connectivity index (χ1) is 8.06. The molecular weight excluding hydrogens is 217 g/mol. The lowest BCUT2D eigenvalue weighted by Gasteiger charge is -2.14. The molecule has 0 bridgehead atoms. The summed E-state index contributed by atoms with van der Waals surface area (Å²) in [5.41, 5.74) is 1.25. The van der Waals surface area contributed by atoms with Gasteiger partial charge in [-0.1, -0.05) is 12.8 Å². The maximum atomic E-state index is 12.9. The first kappa shape index (κ1) is 12.1. The molecule has 0 aliphatic heterocycles. The van der Waals surface area contributed by atoms with Crippen LogP contribution in [0.15, 0.2) is 18.2 Å². The Balaban J connectivity index is 1.98. The zero-order chi connectivity index (χ0) is 12.4. The SMILES string of the molecule is Cc1cc(F)ccc1C(=O)NC(C)CC1CC1. The van der Waals surface area contributed by atoms with E-state index in [0.29, 0.717) is 11.1 Å². The Labute approximate surface area is 101 Å². The van der Waals surface area contributed by atoms with Crippen molar-refractivity contribution < 1.29 is 9.18 Å². The highest BCUT2D eigenvalue weighted by Crippen LogP contribution is 2.33. The molecule has 1 saturated carbocycles. The number of benzene rings is 1. The van der Waals surface area contributed by atoms with Gasteiger partial charge in [0.2, 0.25) is 0 Å². The second kappa shape index (κ2) is 4.86. The summed E-state index contributed by atoms with van der Waals surface area (Å²) >= 11 is 0. The maximum Gasteiger partial charge on any atom is 0.251 e. The van der Waals surface area contributed by atoms with Crippen LogP contribution in [0.3, 0.4) is 0 Å². The molecule has 92 valence electrons. The third-order valence-corrected chi connectivity index (χ3v) is 3.19. The van der Waals surface area contributed by atoms with Gasteiger partial charge in [0.1, 0.15) is 5.82 Å². The van der Waals surface area contributed by atoms with Crippen LogP contribution in [0.5, 0.6) is 0 Å². The summed E-state index contributed by atoms with van der Waals surface area (Å²) in [5.74, 6) is 0.389. The Kier molecular flexibility index (Phi) is 3.46. The molecule has 1 fully saturated rings. The molecule has 1 aromatic carbocycles. The number of hydrogen-bond donors (Lipinski definition) is 1. The van der Waals surface area contributed by atoms with Crippen molar-refractivity contribution in [2.75, 3.05) is 0 Å². The summed E-state index contributed by atoms with van der Waals surface area (Å²) in [4.78, 5) is 12.0. The van der Waals surface area contributed by atoms with Gasteiger partial charge in [-0.2, -0.15) is 0 Å². The average molecular weight is 235 g/mol. The first-order valence-corrected chi connectivity index (χ1v) is 6.13. The minimum Gasteiger partial charge on any atom is -0.350 e. The number of halogens is 1. The molecule has 1 aliphatic carbocycles. The molecule has 0 radical (unpaired) electrons. The van der Waals surface area contributed by atoms with Gasteiger partial charge in [-0.05, 0) is 49.9 Å². The van der Waals surface area contributed by atoms with E-state index in [9.17, 15) is 9.18 Å². The van der Waals surface area contributed by atoms with Gasteiger partial charge in [0.25, 0.3) is 5.91 Å². The summed E-state index contributed by atoms with van der Waals surface area (Å²) in [7, 11) is 0. The van der Waals surface area contributed by atoms with Crippen molar-refractivity contribution in [3.05, 3.63) is 35.1 Å². The number of aryl methyl sites for hydroxylation is 1. The smallest absolute Gasteiger partial charge is 0.251 e. The van der Waals surface area contributed by atoms with Crippen molar-refractivity contribution in [2.45, 2.75) is 39.2 Å². The largest absolute Gasteiger partial charge is 0.350 e. The minimum atomic E-state index is -0.301. The Morgan fingerprint density at radius 2 is 2.24 bits per heavy atom. The van der Waals surface area contributed by atoms with Crippen molar-refractivity contribution in [2.24, 2.45) is 5.92 Å². The highest BCUT2D eigenvalue weighted by atomic mass is 19.1. The van der Waals surface area contributed by atoms with E-state index < -0.39 is 0 Å². The molecule has 0 saturated heterocycles. The van der Waals surface area contributed by atoms with Gasteiger partial charge in [0.05, 0.1) is 0 Å². The van der Waals surface area contributed by atoms with E-state index in [4.69, 9.17) is 0 Å². The van der Waals surface area contributed by atoms with Crippen molar-refractivity contribution >= 4 is 5.91 Å². The fraction of sp³-hybridized carbons (Fsp3) is 0.500. The molecule has 0 aromatic heterocycles. The highest BCUT2D eigenvalue weighted by molar-refractivity contribution is 5.95. The Morgan fingerprint density at radius 3 is 2.82 bits per heavy atom. The van der Waals surface area contributed by atoms with E-state index >= 15 is 0 Å². The third kappa shape index (κ3) is 3.29. The molecule has 3 heteroatoms. The van der Waals surface area contributed by atoms with Crippen LogP contribution in [0, 0.1) is 18.7 Å². The summed E-state index contributed by atoms with van der Waals surface area (Å²) < 4.78 is 12.9. The van der Waals surface area contributed by atoms with Gasteiger partial charge in [0.15, 0.2) is 0 Å². The van der Waals surface area contributed by atoms with Crippen LogP contribution in [-0.2, 0) is 0 Å². The minimum absolute atomic E-state index is 0.101. The van der Waals surface area contributed by atoms with Gasteiger partial charge in [0, 0.05) is 11.6 Å². The molecule has 1 N–H and O–H groups in total. The van der Waals surface area contributed by atoms with E-state index in [1.807, 2.05) is 6.92 Å². The van der Waals surface area contributed by atoms with Crippen LogP contribution in [0.1, 0.15) is 42.1 Å². The number of nitrogens with one attached hydrogen (secondary N) is 1. The molecular formula is C14H18FNO. The number of amides is 1. The number of carbonyl (C=O) groups excluding carboxylic acids is 1. The normalized spacial score (nSPS) is 16.6. The lowest BCUT2D eigenvalue weighted by molar-refractivity contribution is 0.0937. The summed E-state index contributed by atoms with van der Waals surface area (Å²) in [6, 6.07) is 4.46.